The third kappa shape index (κ3) is 3.12. The summed E-state index contributed by atoms with van der Waals surface area (Å²) in [6, 6.07) is 3.64. The molecular formula is C11H18N4O. The van der Waals surface area contributed by atoms with E-state index in [-0.39, 0.29) is 0 Å². The van der Waals surface area contributed by atoms with Crippen LogP contribution in [-0.2, 0) is 4.79 Å². The van der Waals surface area contributed by atoms with Crippen molar-refractivity contribution >= 4 is 17.4 Å². The molecule has 0 bridgehead atoms. The van der Waals surface area contributed by atoms with Gasteiger partial charge in [-0.15, -0.1) is 0 Å². The van der Waals surface area contributed by atoms with Gasteiger partial charge in [0.25, 0.3) is 0 Å². The van der Waals surface area contributed by atoms with Gasteiger partial charge in [-0.25, -0.2) is 4.98 Å². The molecule has 0 saturated carbocycles. The van der Waals surface area contributed by atoms with E-state index >= 15 is 0 Å². The van der Waals surface area contributed by atoms with Gasteiger partial charge >= 0.3 is 0 Å². The van der Waals surface area contributed by atoms with Crippen molar-refractivity contribution in [1.29, 1.82) is 0 Å². The summed E-state index contributed by atoms with van der Waals surface area (Å²) >= 11 is 0. The van der Waals surface area contributed by atoms with Crippen LogP contribution in [0, 0.1) is 0 Å². The largest absolute Gasteiger partial charge is 0.372 e. The Labute approximate surface area is 95.4 Å². The van der Waals surface area contributed by atoms with E-state index in [0.717, 1.165) is 18.1 Å². The number of primary amides is 1. The first-order valence-electron chi connectivity index (χ1n) is 5.23. The average molecular weight is 222 g/mol. The van der Waals surface area contributed by atoms with Crippen LogP contribution in [0.5, 0.6) is 0 Å². The van der Waals surface area contributed by atoms with Gasteiger partial charge in [-0.3, -0.25) is 4.79 Å². The second-order valence-corrected chi connectivity index (χ2v) is 4.07. The number of nitrogens with zero attached hydrogens (tertiary/aromatic N) is 1. The molecule has 0 spiro atoms. The molecule has 1 rings (SSSR count). The molecule has 0 atom stereocenters. The van der Waals surface area contributed by atoms with Crippen molar-refractivity contribution in [1.82, 2.24) is 4.98 Å². The summed E-state index contributed by atoms with van der Waals surface area (Å²) in [7, 11) is 0. The summed E-state index contributed by atoms with van der Waals surface area (Å²) in [6.45, 7) is 6.27. The van der Waals surface area contributed by atoms with E-state index in [9.17, 15) is 4.79 Å². The highest BCUT2D eigenvalue weighted by Crippen LogP contribution is 2.17. The Balaban J connectivity index is 2.81. The summed E-state index contributed by atoms with van der Waals surface area (Å²) in [4.78, 5) is 15.3. The Morgan fingerprint density at radius 2 is 2.25 bits per heavy atom. The Morgan fingerprint density at radius 3 is 2.81 bits per heavy atom. The molecular weight excluding hydrogens is 204 g/mol. The molecule has 0 aliphatic rings. The lowest BCUT2D eigenvalue weighted by Crippen LogP contribution is -2.45. The summed E-state index contributed by atoms with van der Waals surface area (Å²) in [5, 5.41) is 6.16. The molecule has 5 nitrogen and oxygen atoms in total. The predicted octanol–water partition coefficient (Wildman–Crippen LogP) is 1.19. The van der Waals surface area contributed by atoms with Gasteiger partial charge in [-0.1, -0.05) is 0 Å². The molecule has 0 aromatic carbocycles. The van der Waals surface area contributed by atoms with Gasteiger partial charge in [0, 0.05) is 24.5 Å². The lowest BCUT2D eigenvalue weighted by Gasteiger charge is -2.23. The first kappa shape index (κ1) is 12.3. The lowest BCUT2D eigenvalue weighted by atomic mass is 10.0. The maximum absolute atomic E-state index is 11.2. The molecule has 88 valence electrons. The minimum atomic E-state index is -0.773. The number of rotatable bonds is 5. The highest BCUT2D eigenvalue weighted by atomic mass is 16.1. The van der Waals surface area contributed by atoms with Gasteiger partial charge in [-0.2, -0.15) is 0 Å². The Hall–Kier alpha value is -1.78. The van der Waals surface area contributed by atoms with E-state index in [0.29, 0.717) is 0 Å². The average Bonchev–Trinajstić information content (AvgIpc) is 2.17. The molecule has 0 unspecified atom stereocenters. The number of hydrogen-bond acceptors (Lipinski definition) is 4. The van der Waals surface area contributed by atoms with Gasteiger partial charge in [0.05, 0.1) is 0 Å². The number of aromatic nitrogens is 1. The summed E-state index contributed by atoms with van der Waals surface area (Å²) in [5.41, 5.74) is 5.32. The molecule has 0 radical (unpaired) electrons. The van der Waals surface area contributed by atoms with Gasteiger partial charge in [0.2, 0.25) is 5.91 Å². The third-order valence-electron chi connectivity index (χ3n) is 2.19. The smallest absolute Gasteiger partial charge is 0.242 e. The molecule has 0 fully saturated rings. The molecule has 0 aliphatic carbocycles. The van der Waals surface area contributed by atoms with E-state index < -0.39 is 11.4 Å². The van der Waals surface area contributed by atoms with Gasteiger partial charge < -0.3 is 16.4 Å². The summed E-state index contributed by atoms with van der Waals surface area (Å²) < 4.78 is 0. The Morgan fingerprint density at radius 1 is 1.56 bits per heavy atom. The number of amides is 1. The van der Waals surface area contributed by atoms with E-state index in [1.54, 1.807) is 26.1 Å². The van der Waals surface area contributed by atoms with Crippen LogP contribution in [0.4, 0.5) is 11.5 Å². The number of anilines is 2. The van der Waals surface area contributed by atoms with Crippen LogP contribution >= 0.6 is 0 Å². The van der Waals surface area contributed by atoms with Crippen LogP contribution in [0.2, 0.25) is 0 Å². The summed E-state index contributed by atoms with van der Waals surface area (Å²) in [5.74, 6) is 0.377. The molecule has 1 heterocycles. The van der Waals surface area contributed by atoms with Gasteiger partial charge in [0.15, 0.2) is 0 Å². The van der Waals surface area contributed by atoms with Crippen LogP contribution in [0.25, 0.3) is 0 Å². The zero-order valence-corrected chi connectivity index (χ0v) is 9.87. The lowest BCUT2D eigenvalue weighted by molar-refractivity contribution is -0.121. The number of nitrogens with one attached hydrogen (secondary N) is 2. The monoisotopic (exact) mass is 222 g/mol. The normalized spacial score (nSPS) is 10.9. The molecule has 1 amide bonds. The zero-order chi connectivity index (χ0) is 12.2. The summed E-state index contributed by atoms with van der Waals surface area (Å²) in [6.07, 6.45) is 1.68. The van der Waals surface area contributed by atoms with Crippen LogP contribution in [0.15, 0.2) is 18.3 Å². The van der Waals surface area contributed by atoms with Crippen molar-refractivity contribution in [2.45, 2.75) is 26.3 Å². The molecule has 1 aromatic heterocycles. The van der Waals surface area contributed by atoms with Crippen molar-refractivity contribution in [2.75, 3.05) is 17.2 Å². The standard InChI is InChI=1S/C11H18N4O/c1-4-13-9-7-8(5-6-14-9)15-11(2,3)10(12)16/h5-7H,4H2,1-3H3,(H2,12,16)(H2,13,14,15). The van der Waals surface area contributed by atoms with Crippen LogP contribution in [0.1, 0.15) is 20.8 Å². The van der Waals surface area contributed by atoms with E-state index in [4.69, 9.17) is 5.73 Å². The second-order valence-electron chi connectivity index (χ2n) is 4.07. The van der Waals surface area contributed by atoms with Gasteiger partial charge in [0.1, 0.15) is 11.4 Å². The first-order valence-corrected chi connectivity index (χ1v) is 5.23. The number of hydrogen-bond donors (Lipinski definition) is 3. The van der Waals surface area contributed by atoms with E-state index in [1.165, 1.54) is 0 Å². The molecule has 0 aliphatic heterocycles. The van der Waals surface area contributed by atoms with E-state index in [2.05, 4.69) is 15.6 Å². The fraction of sp³-hybridized carbons (Fsp3) is 0.455. The van der Waals surface area contributed by atoms with Crippen molar-refractivity contribution in [2.24, 2.45) is 5.73 Å². The number of nitrogens with two attached hydrogens (primary N) is 1. The topological polar surface area (TPSA) is 80.0 Å². The maximum Gasteiger partial charge on any atom is 0.242 e. The van der Waals surface area contributed by atoms with Crippen LogP contribution in [0.3, 0.4) is 0 Å². The minimum absolute atomic E-state index is 0.394. The fourth-order valence-electron chi connectivity index (χ4n) is 1.21. The highest BCUT2D eigenvalue weighted by Gasteiger charge is 2.24. The third-order valence-corrected chi connectivity index (χ3v) is 2.19. The molecule has 0 saturated heterocycles. The Bertz CT molecular complexity index is 376. The van der Waals surface area contributed by atoms with E-state index in [1.807, 2.05) is 13.0 Å². The molecule has 16 heavy (non-hydrogen) atoms. The Kier molecular flexibility index (Phi) is 3.71. The zero-order valence-electron chi connectivity index (χ0n) is 9.87. The molecule has 4 N–H and O–H groups in total. The SMILES string of the molecule is CCNc1cc(NC(C)(C)C(N)=O)ccn1. The van der Waals surface area contributed by atoms with Crippen molar-refractivity contribution in [3.05, 3.63) is 18.3 Å². The van der Waals surface area contributed by atoms with Crippen LogP contribution < -0.4 is 16.4 Å². The highest BCUT2D eigenvalue weighted by molar-refractivity contribution is 5.87. The van der Waals surface area contributed by atoms with Crippen molar-refractivity contribution in [3.63, 3.8) is 0 Å². The number of carbonyl (C=O) groups excluding carboxylic acids is 1. The maximum atomic E-state index is 11.2. The van der Waals surface area contributed by atoms with Crippen molar-refractivity contribution in [3.8, 4) is 0 Å². The quantitative estimate of drug-likeness (QED) is 0.699. The predicted molar refractivity (Wildman–Crippen MR) is 65.3 cm³/mol. The molecule has 5 heteroatoms. The first-order chi connectivity index (χ1) is 7.45. The molecule has 1 aromatic rings. The number of carbonyl (C=O) groups is 1. The fourth-order valence-corrected chi connectivity index (χ4v) is 1.21. The van der Waals surface area contributed by atoms with Crippen LogP contribution in [-0.4, -0.2) is 23.0 Å². The van der Waals surface area contributed by atoms with Gasteiger partial charge in [-0.05, 0) is 26.8 Å². The second kappa shape index (κ2) is 4.83. The van der Waals surface area contributed by atoms with Crippen molar-refractivity contribution < 1.29 is 4.79 Å². The number of pyridine rings is 1. The minimum Gasteiger partial charge on any atom is -0.372 e.